The Morgan fingerprint density at radius 3 is 2.73 bits per heavy atom. The van der Waals surface area contributed by atoms with Crippen LogP contribution in [-0.2, 0) is 6.54 Å². The van der Waals surface area contributed by atoms with E-state index in [0.29, 0.717) is 23.2 Å². The number of benzene rings is 1. The molecule has 0 saturated heterocycles. The van der Waals surface area contributed by atoms with E-state index in [1.807, 2.05) is 29.1 Å². The maximum Gasteiger partial charge on any atom is 0.170 e. The average Bonchev–Trinajstić information content (AvgIpc) is 2.92. The molecule has 2 rings (SSSR count). The van der Waals surface area contributed by atoms with E-state index < -0.39 is 0 Å². The average molecular weight is 385 g/mol. The van der Waals surface area contributed by atoms with E-state index in [1.165, 1.54) is 0 Å². The molecule has 2 N–H and O–H groups in total. The van der Waals surface area contributed by atoms with E-state index in [0.717, 1.165) is 16.7 Å². The molecule has 1 heterocycles. The Balaban J connectivity index is 1.84. The summed E-state index contributed by atoms with van der Waals surface area (Å²) >= 11 is 8.62. The molecule has 8 heteroatoms. The van der Waals surface area contributed by atoms with Gasteiger partial charge in [0.25, 0.3) is 0 Å². The summed E-state index contributed by atoms with van der Waals surface area (Å²) < 4.78 is 13.2. The molecule has 6 nitrogen and oxygen atoms in total. The minimum absolute atomic E-state index is 0.540. The van der Waals surface area contributed by atoms with E-state index >= 15 is 0 Å². The first-order valence-electron chi connectivity index (χ1n) is 6.57. The number of anilines is 1. The lowest BCUT2D eigenvalue weighted by atomic mass is 10.3. The fraction of sp³-hybridized carbons (Fsp3) is 0.286. The smallest absolute Gasteiger partial charge is 0.170 e. The minimum Gasteiger partial charge on any atom is -0.493 e. The summed E-state index contributed by atoms with van der Waals surface area (Å²) in [5.74, 6) is 1.33. The Morgan fingerprint density at radius 2 is 2.09 bits per heavy atom. The number of hydrogen-bond donors (Lipinski definition) is 2. The highest BCUT2D eigenvalue weighted by molar-refractivity contribution is 9.10. The summed E-state index contributed by atoms with van der Waals surface area (Å²) in [6.07, 6.45) is 3.66. The van der Waals surface area contributed by atoms with Crippen molar-refractivity contribution >= 4 is 38.9 Å². The summed E-state index contributed by atoms with van der Waals surface area (Å²) in [4.78, 5) is 0. The van der Waals surface area contributed by atoms with Crippen molar-refractivity contribution in [1.82, 2.24) is 15.1 Å². The van der Waals surface area contributed by atoms with Gasteiger partial charge in [-0.1, -0.05) is 0 Å². The van der Waals surface area contributed by atoms with Gasteiger partial charge < -0.3 is 20.1 Å². The summed E-state index contributed by atoms with van der Waals surface area (Å²) in [6, 6.07) is 5.53. The van der Waals surface area contributed by atoms with Gasteiger partial charge in [0.2, 0.25) is 0 Å². The Hall–Kier alpha value is -1.80. The van der Waals surface area contributed by atoms with Crippen molar-refractivity contribution in [1.29, 1.82) is 0 Å². The number of ether oxygens (including phenoxy) is 2. The number of halogens is 1. The molecule has 1 aromatic carbocycles. The van der Waals surface area contributed by atoms with Crippen molar-refractivity contribution in [2.75, 3.05) is 26.1 Å². The minimum atomic E-state index is 0.540. The Labute approximate surface area is 142 Å². The highest BCUT2D eigenvalue weighted by Gasteiger charge is 2.05. The van der Waals surface area contributed by atoms with Crippen molar-refractivity contribution in [3.8, 4) is 11.5 Å². The predicted octanol–water partition coefficient (Wildman–Crippen LogP) is 2.65. The summed E-state index contributed by atoms with van der Waals surface area (Å²) in [6.45, 7) is 1.40. The van der Waals surface area contributed by atoms with Crippen molar-refractivity contribution < 1.29 is 9.47 Å². The van der Waals surface area contributed by atoms with E-state index in [4.69, 9.17) is 21.7 Å². The van der Waals surface area contributed by atoms with Crippen LogP contribution in [0.3, 0.4) is 0 Å². The van der Waals surface area contributed by atoms with Crippen molar-refractivity contribution in [3.05, 3.63) is 35.1 Å². The number of methoxy groups -OCH3 is 2. The van der Waals surface area contributed by atoms with Gasteiger partial charge in [-0.3, -0.25) is 4.68 Å². The SMILES string of the molecule is COc1ccc(NC(=S)NCCn2cc(Br)cn2)cc1OC. The molecule has 0 aliphatic carbocycles. The van der Waals surface area contributed by atoms with Gasteiger partial charge in [0.1, 0.15) is 0 Å². The number of thiocarbonyl (C=S) groups is 1. The van der Waals surface area contributed by atoms with Crippen LogP contribution in [0, 0.1) is 0 Å². The summed E-state index contributed by atoms with van der Waals surface area (Å²) in [5, 5.41) is 10.9. The van der Waals surface area contributed by atoms with Crippen LogP contribution in [0.2, 0.25) is 0 Å². The monoisotopic (exact) mass is 384 g/mol. The first-order chi connectivity index (χ1) is 10.6. The lowest BCUT2D eigenvalue weighted by Crippen LogP contribution is -2.31. The zero-order valence-corrected chi connectivity index (χ0v) is 14.7. The third-order valence-corrected chi connectivity index (χ3v) is 3.53. The normalized spacial score (nSPS) is 10.1. The zero-order valence-electron chi connectivity index (χ0n) is 12.3. The third-order valence-electron chi connectivity index (χ3n) is 2.87. The molecule has 0 bridgehead atoms. The van der Waals surface area contributed by atoms with Crippen LogP contribution in [0.25, 0.3) is 0 Å². The topological polar surface area (TPSA) is 60.3 Å². The fourth-order valence-corrected chi connectivity index (χ4v) is 2.38. The van der Waals surface area contributed by atoms with Crippen LogP contribution in [-0.4, -0.2) is 35.7 Å². The zero-order chi connectivity index (χ0) is 15.9. The van der Waals surface area contributed by atoms with Gasteiger partial charge >= 0.3 is 0 Å². The van der Waals surface area contributed by atoms with Crippen molar-refractivity contribution in [3.63, 3.8) is 0 Å². The van der Waals surface area contributed by atoms with E-state index in [1.54, 1.807) is 20.4 Å². The molecule has 0 atom stereocenters. The van der Waals surface area contributed by atoms with Gasteiger partial charge in [-0.05, 0) is 40.3 Å². The molecule has 0 saturated carbocycles. The number of hydrogen-bond acceptors (Lipinski definition) is 4. The lowest BCUT2D eigenvalue weighted by Gasteiger charge is -2.13. The molecule has 22 heavy (non-hydrogen) atoms. The molecular formula is C14H17BrN4O2S. The number of aromatic nitrogens is 2. The highest BCUT2D eigenvalue weighted by Crippen LogP contribution is 2.29. The van der Waals surface area contributed by atoms with Crippen LogP contribution in [0.1, 0.15) is 0 Å². The molecule has 2 aromatic rings. The molecule has 0 spiro atoms. The fourth-order valence-electron chi connectivity index (χ4n) is 1.83. The first kappa shape index (κ1) is 16.6. The second-order valence-electron chi connectivity index (χ2n) is 4.37. The van der Waals surface area contributed by atoms with Crippen LogP contribution >= 0.6 is 28.1 Å². The molecule has 0 fully saturated rings. The molecule has 0 unspecified atom stereocenters. The Kier molecular flexibility index (Phi) is 6.02. The summed E-state index contributed by atoms with van der Waals surface area (Å²) in [7, 11) is 3.20. The highest BCUT2D eigenvalue weighted by atomic mass is 79.9. The van der Waals surface area contributed by atoms with E-state index in [-0.39, 0.29) is 0 Å². The van der Waals surface area contributed by atoms with Gasteiger partial charge in [-0.15, -0.1) is 0 Å². The quantitative estimate of drug-likeness (QED) is 0.746. The maximum atomic E-state index is 5.26. The second-order valence-corrected chi connectivity index (χ2v) is 5.70. The van der Waals surface area contributed by atoms with Gasteiger partial charge in [0, 0.05) is 24.5 Å². The Bertz CT molecular complexity index is 648. The Morgan fingerprint density at radius 1 is 1.32 bits per heavy atom. The number of nitrogens with zero attached hydrogens (tertiary/aromatic N) is 2. The molecule has 0 radical (unpaired) electrons. The van der Waals surface area contributed by atoms with Crippen LogP contribution in [0.4, 0.5) is 5.69 Å². The molecule has 1 aromatic heterocycles. The van der Waals surface area contributed by atoms with Crippen molar-refractivity contribution in [2.24, 2.45) is 0 Å². The second kappa shape index (κ2) is 8.00. The van der Waals surface area contributed by atoms with Crippen LogP contribution in [0.15, 0.2) is 35.1 Å². The first-order valence-corrected chi connectivity index (χ1v) is 7.77. The molecule has 0 amide bonds. The van der Waals surface area contributed by atoms with Gasteiger partial charge in [0.05, 0.1) is 31.4 Å². The van der Waals surface area contributed by atoms with E-state index in [2.05, 4.69) is 31.7 Å². The predicted molar refractivity (Wildman–Crippen MR) is 93.7 cm³/mol. The molecule has 0 aliphatic rings. The standard InChI is InChI=1S/C14H17BrN4O2S/c1-20-12-4-3-11(7-13(12)21-2)18-14(22)16-5-6-19-9-10(15)8-17-19/h3-4,7-9H,5-6H2,1-2H3,(H2,16,18,22). The van der Waals surface area contributed by atoms with Crippen LogP contribution in [0.5, 0.6) is 11.5 Å². The number of nitrogens with one attached hydrogen (secondary N) is 2. The van der Waals surface area contributed by atoms with Crippen molar-refractivity contribution in [2.45, 2.75) is 6.54 Å². The summed E-state index contributed by atoms with van der Waals surface area (Å²) in [5.41, 5.74) is 0.831. The van der Waals surface area contributed by atoms with Gasteiger partial charge in [-0.2, -0.15) is 5.10 Å². The molecule has 0 aliphatic heterocycles. The molecular weight excluding hydrogens is 368 g/mol. The molecule has 118 valence electrons. The number of rotatable bonds is 6. The van der Waals surface area contributed by atoms with Gasteiger partial charge in [0.15, 0.2) is 16.6 Å². The lowest BCUT2D eigenvalue weighted by molar-refractivity contribution is 0.355. The maximum absolute atomic E-state index is 5.26. The third kappa shape index (κ3) is 4.60. The largest absolute Gasteiger partial charge is 0.493 e. The van der Waals surface area contributed by atoms with Crippen LogP contribution < -0.4 is 20.1 Å². The van der Waals surface area contributed by atoms with Gasteiger partial charge in [-0.25, -0.2) is 0 Å². The van der Waals surface area contributed by atoms with E-state index in [9.17, 15) is 0 Å².